The first kappa shape index (κ1) is 37.9. The molecule has 6 N–H and O–H groups in total. The molecule has 47 heavy (non-hydrogen) atoms. The van der Waals surface area contributed by atoms with E-state index in [-0.39, 0.29) is 37.7 Å². The quantitative estimate of drug-likeness (QED) is 0.106. The summed E-state index contributed by atoms with van der Waals surface area (Å²) in [5.74, 6) is -2.41. The van der Waals surface area contributed by atoms with Crippen molar-refractivity contribution >= 4 is 25.6 Å². The number of amides is 1. The number of primary amides is 1. The number of imidazole rings is 1. The minimum atomic E-state index is -4.51. The van der Waals surface area contributed by atoms with Crippen molar-refractivity contribution in [1.29, 1.82) is 0 Å². The van der Waals surface area contributed by atoms with E-state index in [4.69, 9.17) is 29.0 Å². The summed E-state index contributed by atoms with van der Waals surface area (Å²) in [6.07, 6.45) is -4.18. The molecule has 1 aliphatic rings. The average molecular weight is 685 g/mol. The monoisotopic (exact) mass is 684 g/mol. The van der Waals surface area contributed by atoms with Crippen molar-refractivity contribution < 1.29 is 57.5 Å². The van der Waals surface area contributed by atoms with E-state index in [2.05, 4.69) is 10.1 Å². The Morgan fingerprint density at radius 3 is 2.26 bits per heavy atom. The summed E-state index contributed by atoms with van der Waals surface area (Å²) in [4.78, 5) is 40.8. The molecule has 1 aliphatic heterocycles. The molecule has 1 aromatic carbocycles. The summed E-state index contributed by atoms with van der Waals surface area (Å²) < 4.78 is 42.8. The van der Waals surface area contributed by atoms with Crippen molar-refractivity contribution in [3.8, 4) is 11.6 Å². The summed E-state index contributed by atoms with van der Waals surface area (Å²) >= 11 is 0. The first-order chi connectivity index (χ1) is 22.2. The van der Waals surface area contributed by atoms with Crippen molar-refractivity contribution in [3.05, 3.63) is 42.4 Å². The maximum absolute atomic E-state index is 14.2. The average Bonchev–Trinajstić information content (AvgIpc) is 3.52. The number of aliphatic hydroxyl groups excluding tert-OH is 2. The number of hydrogen-bond acceptors (Lipinski definition) is 13. The molecule has 1 fully saturated rings. The van der Waals surface area contributed by atoms with Gasteiger partial charge in [-0.25, -0.2) is 9.55 Å². The standard InChI is InChI=1S/C30H45N4O12P/c1-18(2)12-14-42-23(35)11-10-21(30(40)43-15-13-19(3)4)33-47(41,46-20-8-6-5-7-9-20)44-16-22-25(36)26(37)29(45-22)34-17-32-24(27(31)38)28(34)39/h5-9,17-19,21-22,25-26,29,36-37,39H,10-16H2,1-4H3,(H2,31,38)(H,33,41)/t21-,22+,25?,26+,29+,47?/m0/s1. The molecular weight excluding hydrogens is 639 g/mol. The molecule has 17 heteroatoms. The number of ether oxygens (including phenoxy) is 3. The molecule has 0 spiro atoms. The van der Waals surface area contributed by atoms with Gasteiger partial charge in [0.15, 0.2) is 11.9 Å². The Bertz CT molecular complexity index is 1370. The minimum absolute atomic E-state index is 0.0815. The van der Waals surface area contributed by atoms with Crippen LogP contribution in [-0.4, -0.2) is 86.9 Å². The zero-order valence-corrected chi connectivity index (χ0v) is 27.8. The van der Waals surface area contributed by atoms with Gasteiger partial charge < -0.3 is 39.8 Å². The molecule has 3 rings (SSSR count). The number of carbonyl (C=O) groups excluding carboxylic acids is 3. The van der Waals surface area contributed by atoms with Gasteiger partial charge in [0.2, 0.25) is 5.88 Å². The van der Waals surface area contributed by atoms with Crippen molar-refractivity contribution in [2.75, 3.05) is 19.8 Å². The van der Waals surface area contributed by atoms with Gasteiger partial charge in [0.25, 0.3) is 5.91 Å². The van der Waals surface area contributed by atoms with Crippen LogP contribution in [0.3, 0.4) is 0 Å². The summed E-state index contributed by atoms with van der Waals surface area (Å²) in [6, 6.07) is 6.60. The molecule has 0 aliphatic carbocycles. The number of para-hydroxylation sites is 1. The topological polar surface area (TPSA) is 231 Å². The van der Waals surface area contributed by atoms with Gasteiger partial charge in [-0.3, -0.25) is 23.5 Å². The Labute approximate surface area is 273 Å². The summed E-state index contributed by atoms with van der Waals surface area (Å²) in [7, 11) is -4.51. The van der Waals surface area contributed by atoms with Crippen LogP contribution in [-0.2, 0) is 32.9 Å². The number of nitrogens with two attached hydrogens (primary N) is 1. The third-order valence-corrected chi connectivity index (χ3v) is 8.69. The van der Waals surface area contributed by atoms with Gasteiger partial charge in [0.1, 0.15) is 36.4 Å². The van der Waals surface area contributed by atoms with Crippen LogP contribution in [0, 0.1) is 11.8 Å². The predicted molar refractivity (Wildman–Crippen MR) is 166 cm³/mol. The molecule has 1 amide bonds. The van der Waals surface area contributed by atoms with Gasteiger partial charge in [-0.1, -0.05) is 45.9 Å². The van der Waals surface area contributed by atoms with Gasteiger partial charge in [0, 0.05) is 6.42 Å². The number of hydrogen-bond donors (Lipinski definition) is 5. The van der Waals surface area contributed by atoms with Gasteiger partial charge in [-0.2, -0.15) is 5.09 Å². The number of aromatic hydroxyl groups is 1. The molecule has 0 bridgehead atoms. The van der Waals surface area contributed by atoms with Gasteiger partial charge in [-0.05, 0) is 43.2 Å². The number of carbonyl (C=O) groups is 3. The van der Waals surface area contributed by atoms with Crippen molar-refractivity contribution in [3.63, 3.8) is 0 Å². The second kappa shape index (κ2) is 17.6. The minimum Gasteiger partial charge on any atom is -0.493 e. The van der Waals surface area contributed by atoms with Crippen molar-refractivity contribution in [2.45, 2.75) is 84.0 Å². The van der Waals surface area contributed by atoms with E-state index in [0.717, 1.165) is 10.9 Å². The van der Waals surface area contributed by atoms with Crippen molar-refractivity contribution in [1.82, 2.24) is 14.6 Å². The molecule has 2 aromatic rings. The molecule has 1 aromatic heterocycles. The molecule has 2 unspecified atom stereocenters. The summed E-state index contributed by atoms with van der Waals surface area (Å²) in [5.41, 5.74) is 4.71. The lowest BCUT2D eigenvalue weighted by molar-refractivity contribution is -0.147. The molecule has 1 saturated heterocycles. The molecule has 6 atom stereocenters. The Kier molecular flexibility index (Phi) is 14.2. The van der Waals surface area contributed by atoms with Crippen LogP contribution in [0.4, 0.5) is 0 Å². The van der Waals surface area contributed by atoms with Crippen molar-refractivity contribution in [2.24, 2.45) is 17.6 Å². The van der Waals surface area contributed by atoms with E-state index in [1.807, 2.05) is 27.7 Å². The number of aliphatic hydroxyl groups is 2. The van der Waals surface area contributed by atoms with E-state index in [0.29, 0.717) is 18.8 Å². The first-order valence-electron chi connectivity index (χ1n) is 15.4. The molecular formula is C30H45N4O12P. The van der Waals surface area contributed by atoms with Crippen LogP contribution in [0.1, 0.15) is 70.1 Å². The lowest BCUT2D eigenvalue weighted by Crippen LogP contribution is -2.39. The zero-order chi connectivity index (χ0) is 34.7. The maximum atomic E-state index is 14.2. The second-order valence-corrected chi connectivity index (χ2v) is 13.6. The number of esters is 2. The van der Waals surface area contributed by atoms with Crippen LogP contribution < -0.4 is 15.3 Å². The smallest absolute Gasteiger partial charge is 0.459 e. The fourth-order valence-corrected chi connectivity index (χ4v) is 5.90. The third kappa shape index (κ3) is 11.3. The lowest BCUT2D eigenvalue weighted by atomic mass is 10.1. The third-order valence-electron chi connectivity index (χ3n) is 7.12. The highest BCUT2D eigenvalue weighted by molar-refractivity contribution is 7.52. The Morgan fingerprint density at radius 1 is 1.02 bits per heavy atom. The largest absolute Gasteiger partial charge is 0.493 e. The van der Waals surface area contributed by atoms with Gasteiger partial charge in [-0.15, -0.1) is 0 Å². The van der Waals surface area contributed by atoms with Crippen LogP contribution in [0.25, 0.3) is 0 Å². The molecule has 2 heterocycles. The van der Waals surface area contributed by atoms with Crippen LogP contribution >= 0.6 is 7.75 Å². The predicted octanol–water partition coefficient (Wildman–Crippen LogP) is 2.43. The van der Waals surface area contributed by atoms with Crippen LogP contribution in [0.15, 0.2) is 36.7 Å². The number of nitrogens with zero attached hydrogens (tertiary/aromatic N) is 2. The summed E-state index contributed by atoms with van der Waals surface area (Å²) in [6.45, 7) is 7.54. The molecule has 0 radical (unpaired) electrons. The second-order valence-electron chi connectivity index (χ2n) is 11.9. The highest BCUT2D eigenvalue weighted by Gasteiger charge is 2.46. The Hall–Kier alpha value is -3.53. The van der Waals surface area contributed by atoms with E-state index in [1.165, 1.54) is 12.1 Å². The number of aromatic nitrogens is 2. The Morgan fingerprint density at radius 2 is 1.66 bits per heavy atom. The molecule has 262 valence electrons. The molecule has 16 nitrogen and oxygen atoms in total. The SMILES string of the molecule is CC(C)CCOC(=O)CC[C@H](NP(=O)(OC[C@H]1O[C@@H](n2cnc(C(N)=O)c2O)[C@H](O)C1O)Oc1ccccc1)C(=O)OCCC(C)C. The van der Waals surface area contributed by atoms with Crippen LogP contribution in [0.2, 0.25) is 0 Å². The first-order valence-corrected chi connectivity index (χ1v) is 16.9. The summed E-state index contributed by atoms with van der Waals surface area (Å²) in [5, 5.41) is 34.3. The van der Waals surface area contributed by atoms with Gasteiger partial charge in [0.05, 0.1) is 19.8 Å². The van der Waals surface area contributed by atoms with Crippen LogP contribution in [0.5, 0.6) is 11.6 Å². The molecule has 0 saturated carbocycles. The van der Waals surface area contributed by atoms with Gasteiger partial charge >= 0.3 is 19.7 Å². The number of benzene rings is 1. The number of rotatable bonds is 19. The maximum Gasteiger partial charge on any atom is 0.459 e. The van der Waals surface area contributed by atoms with E-state index < -0.39 is 74.4 Å². The number of nitrogens with one attached hydrogen (secondary N) is 1. The fraction of sp³-hybridized carbons (Fsp3) is 0.600. The van der Waals surface area contributed by atoms with E-state index >= 15 is 0 Å². The van der Waals surface area contributed by atoms with E-state index in [1.54, 1.807) is 18.2 Å². The Balaban J connectivity index is 1.79. The fourth-order valence-electron chi connectivity index (χ4n) is 4.36. The highest BCUT2D eigenvalue weighted by Crippen LogP contribution is 2.46. The highest BCUT2D eigenvalue weighted by atomic mass is 31.2. The normalized spacial score (nSPS) is 21.4. The lowest BCUT2D eigenvalue weighted by Gasteiger charge is -2.26. The zero-order valence-electron chi connectivity index (χ0n) is 26.9. The van der Waals surface area contributed by atoms with E-state index in [9.17, 15) is 34.3 Å².